The van der Waals surface area contributed by atoms with Crippen LogP contribution >= 0.6 is 11.8 Å². The Hall–Kier alpha value is -3.58. The molecule has 0 N–H and O–H groups in total. The summed E-state index contributed by atoms with van der Waals surface area (Å²) in [5.41, 5.74) is 3.29. The average Bonchev–Trinajstić information content (AvgIpc) is 3.19. The number of ether oxygens (including phenoxy) is 1. The molecule has 1 aliphatic heterocycles. The van der Waals surface area contributed by atoms with Crippen LogP contribution in [-0.2, 0) is 11.2 Å². The molecule has 6 nitrogen and oxygen atoms in total. The van der Waals surface area contributed by atoms with E-state index in [2.05, 4.69) is 13.0 Å². The highest BCUT2D eigenvalue weighted by atomic mass is 32.2. The molecule has 172 valence electrons. The molecule has 5 rings (SSSR count). The third-order valence-corrected chi connectivity index (χ3v) is 6.87. The van der Waals surface area contributed by atoms with E-state index in [1.54, 1.807) is 10.6 Å². The maximum Gasteiger partial charge on any atom is 0.266 e. The number of benzene rings is 3. The van der Waals surface area contributed by atoms with E-state index in [-0.39, 0.29) is 23.3 Å². The number of thioether (sulfide) groups is 1. The van der Waals surface area contributed by atoms with Crippen molar-refractivity contribution in [2.75, 3.05) is 17.3 Å². The molecule has 1 aromatic heterocycles. The molecule has 0 saturated carbocycles. The van der Waals surface area contributed by atoms with Crippen LogP contribution in [0.5, 0.6) is 5.75 Å². The molecule has 1 atom stereocenters. The van der Waals surface area contributed by atoms with Crippen molar-refractivity contribution in [1.29, 1.82) is 0 Å². The lowest BCUT2D eigenvalue weighted by molar-refractivity contribution is -0.116. The molecule has 7 heteroatoms. The number of hydrogen-bond acceptors (Lipinski definition) is 5. The van der Waals surface area contributed by atoms with Gasteiger partial charge in [-0.25, -0.2) is 4.98 Å². The van der Waals surface area contributed by atoms with E-state index < -0.39 is 0 Å². The SMILES string of the molecule is CCOc1ccc(-n2c(SCC(=O)N3c4ccccc4C[C@H]3C)nc3ccccc3c2=O)cc1. The zero-order valence-corrected chi connectivity index (χ0v) is 19.9. The fourth-order valence-corrected chi connectivity index (χ4v) is 5.31. The maximum absolute atomic E-state index is 13.5. The minimum absolute atomic E-state index is 0.00287. The number of aromatic nitrogens is 2. The molecule has 0 saturated heterocycles. The van der Waals surface area contributed by atoms with Crippen LogP contribution in [0, 0.1) is 0 Å². The van der Waals surface area contributed by atoms with Crippen LogP contribution in [0.3, 0.4) is 0 Å². The first-order valence-corrected chi connectivity index (χ1v) is 12.3. The lowest BCUT2D eigenvalue weighted by Gasteiger charge is -2.23. The van der Waals surface area contributed by atoms with E-state index in [0.29, 0.717) is 28.4 Å². The van der Waals surface area contributed by atoms with Gasteiger partial charge in [-0.3, -0.25) is 14.2 Å². The summed E-state index contributed by atoms with van der Waals surface area (Å²) in [7, 11) is 0. The number of carbonyl (C=O) groups is 1. The van der Waals surface area contributed by atoms with Crippen LogP contribution in [-0.4, -0.2) is 33.9 Å². The van der Waals surface area contributed by atoms with Crippen molar-refractivity contribution in [1.82, 2.24) is 9.55 Å². The van der Waals surface area contributed by atoms with E-state index >= 15 is 0 Å². The van der Waals surface area contributed by atoms with Crippen molar-refractivity contribution < 1.29 is 9.53 Å². The average molecular weight is 472 g/mol. The lowest BCUT2D eigenvalue weighted by atomic mass is 10.1. The van der Waals surface area contributed by atoms with E-state index in [1.807, 2.05) is 72.5 Å². The van der Waals surface area contributed by atoms with E-state index in [0.717, 1.165) is 17.9 Å². The Morgan fingerprint density at radius 3 is 2.59 bits per heavy atom. The first kappa shape index (κ1) is 22.2. The summed E-state index contributed by atoms with van der Waals surface area (Å²) in [6.45, 7) is 4.56. The first-order chi connectivity index (χ1) is 16.6. The molecule has 4 aromatic rings. The van der Waals surface area contributed by atoms with Crippen LogP contribution in [0.4, 0.5) is 5.69 Å². The van der Waals surface area contributed by atoms with Gasteiger partial charge in [-0.2, -0.15) is 0 Å². The van der Waals surface area contributed by atoms with Crippen molar-refractivity contribution in [2.24, 2.45) is 0 Å². The number of hydrogen-bond donors (Lipinski definition) is 0. The van der Waals surface area contributed by atoms with Crippen LogP contribution < -0.4 is 15.2 Å². The molecule has 0 fully saturated rings. The van der Waals surface area contributed by atoms with Crippen molar-refractivity contribution in [3.8, 4) is 11.4 Å². The minimum atomic E-state index is -0.162. The smallest absolute Gasteiger partial charge is 0.266 e. The van der Waals surface area contributed by atoms with Gasteiger partial charge >= 0.3 is 0 Å². The molecule has 34 heavy (non-hydrogen) atoms. The standard InChI is InChI=1S/C27H25N3O3S/c1-3-33-21-14-12-20(13-15-21)30-26(32)22-9-5-6-10-23(22)28-27(30)34-17-25(31)29-18(2)16-19-8-4-7-11-24(19)29/h4-15,18H,3,16-17H2,1-2H3/t18-/m1/s1. The van der Waals surface area contributed by atoms with Crippen LogP contribution in [0.25, 0.3) is 16.6 Å². The van der Waals surface area contributed by atoms with Gasteiger partial charge in [0.15, 0.2) is 5.16 Å². The molecule has 0 unspecified atom stereocenters. The first-order valence-electron chi connectivity index (χ1n) is 11.3. The Kier molecular flexibility index (Phi) is 6.11. The van der Waals surface area contributed by atoms with E-state index in [4.69, 9.17) is 9.72 Å². The molecule has 0 radical (unpaired) electrons. The molecule has 0 spiro atoms. The Morgan fingerprint density at radius 1 is 1.06 bits per heavy atom. The van der Waals surface area contributed by atoms with Gasteiger partial charge in [0.05, 0.1) is 29.0 Å². The molecule has 2 heterocycles. The van der Waals surface area contributed by atoms with Gasteiger partial charge in [-0.05, 0) is 68.3 Å². The third-order valence-electron chi connectivity index (χ3n) is 5.95. The van der Waals surface area contributed by atoms with Gasteiger partial charge in [-0.1, -0.05) is 42.1 Å². The number of amides is 1. The highest BCUT2D eigenvalue weighted by Gasteiger charge is 2.30. The second kappa shape index (κ2) is 9.35. The normalized spacial score (nSPS) is 14.9. The number of anilines is 1. The van der Waals surface area contributed by atoms with Gasteiger partial charge in [0.25, 0.3) is 5.56 Å². The maximum atomic E-state index is 13.5. The quantitative estimate of drug-likeness (QED) is 0.297. The van der Waals surface area contributed by atoms with Gasteiger partial charge in [0, 0.05) is 11.7 Å². The summed E-state index contributed by atoms with van der Waals surface area (Å²) < 4.78 is 7.12. The molecule has 3 aromatic carbocycles. The Morgan fingerprint density at radius 2 is 1.79 bits per heavy atom. The molecule has 0 bridgehead atoms. The number of fused-ring (bicyclic) bond motifs is 2. The summed E-state index contributed by atoms with van der Waals surface area (Å²) in [6, 6.07) is 22.8. The summed E-state index contributed by atoms with van der Waals surface area (Å²) >= 11 is 1.29. The summed E-state index contributed by atoms with van der Waals surface area (Å²) in [5, 5.41) is 1.02. The number of carbonyl (C=O) groups excluding carboxylic acids is 1. The van der Waals surface area contributed by atoms with Crippen molar-refractivity contribution in [3.63, 3.8) is 0 Å². The fourth-order valence-electron chi connectivity index (χ4n) is 4.44. The second-order valence-electron chi connectivity index (χ2n) is 8.21. The zero-order chi connectivity index (χ0) is 23.7. The lowest BCUT2D eigenvalue weighted by Crippen LogP contribution is -2.37. The number of para-hydroxylation sites is 2. The molecule has 0 aliphatic carbocycles. The van der Waals surface area contributed by atoms with Crippen molar-refractivity contribution >= 4 is 34.3 Å². The Labute approximate surface area is 202 Å². The summed E-state index contributed by atoms with van der Waals surface area (Å²) in [5.74, 6) is 0.919. The highest BCUT2D eigenvalue weighted by molar-refractivity contribution is 7.99. The molecule has 1 amide bonds. The van der Waals surface area contributed by atoms with Gasteiger partial charge in [-0.15, -0.1) is 0 Å². The van der Waals surface area contributed by atoms with Gasteiger partial charge in [0.1, 0.15) is 5.75 Å². The number of nitrogens with zero attached hydrogens (tertiary/aromatic N) is 3. The molecular formula is C27H25N3O3S. The van der Waals surface area contributed by atoms with E-state index in [1.165, 1.54) is 17.3 Å². The largest absolute Gasteiger partial charge is 0.494 e. The highest BCUT2D eigenvalue weighted by Crippen LogP contribution is 2.33. The summed E-state index contributed by atoms with van der Waals surface area (Å²) in [6.07, 6.45) is 0.845. The summed E-state index contributed by atoms with van der Waals surface area (Å²) in [4.78, 5) is 33.4. The Bertz CT molecular complexity index is 1420. The number of rotatable bonds is 6. The third kappa shape index (κ3) is 4.07. The zero-order valence-electron chi connectivity index (χ0n) is 19.1. The van der Waals surface area contributed by atoms with Gasteiger partial charge < -0.3 is 9.64 Å². The van der Waals surface area contributed by atoms with Crippen molar-refractivity contribution in [2.45, 2.75) is 31.5 Å². The topological polar surface area (TPSA) is 64.4 Å². The monoisotopic (exact) mass is 471 g/mol. The molecular weight excluding hydrogens is 446 g/mol. The second-order valence-corrected chi connectivity index (χ2v) is 9.16. The fraction of sp³-hybridized carbons (Fsp3) is 0.222. The van der Waals surface area contributed by atoms with Crippen LogP contribution in [0.15, 0.2) is 82.7 Å². The van der Waals surface area contributed by atoms with Crippen LogP contribution in [0.1, 0.15) is 19.4 Å². The van der Waals surface area contributed by atoms with Gasteiger partial charge in [0.2, 0.25) is 5.91 Å². The molecule has 1 aliphatic rings. The predicted octanol–water partition coefficient (Wildman–Crippen LogP) is 4.85. The van der Waals surface area contributed by atoms with E-state index in [9.17, 15) is 9.59 Å². The van der Waals surface area contributed by atoms with Crippen molar-refractivity contribution in [3.05, 3.63) is 88.7 Å². The Balaban J connectivity index is 1.50. The van der Waals surface area contributed by atoms with Crippen LogP contribution in [0.2, 0.25) is 0 Å². The minimum Gasteiger partial charge on any atom is -0.494 e. The predicted molar refractivity (Wildman–Crippen MR) is 136 cm³/mol.